The predicted octanol–water partition coefficient (Wildman–Crippen LogP) is 0.195. The summed E-state index contributed by atoms with van der Waals surface area (Å²) in [6, 6.07) is 0. The van der Waals surface area contributed by atoms with E-state index in [1.807, 2.05) is 0 Å². The average Bonchev–Trinajstić information content (AvgIpc) is 2.19. The van der Waals surface area contributed by atoms with Crippen molar-refractivity contribution in [1.82, 2.24) is 5.43 Å². The summed E-state index contributed by atoms with van der Waals surface area (Å²) in [7, 11) is 0. The van der Waals surface area contributed by atoms with E-state index in [9.17, 15) is 0 Å². The van der Waals surface area contributed by atoms with Crippen molar-refractivity contribution in [2.24, 2.45) is 10.3 Å². The molecule has 0 saturated carbocycles. The molecule has 8 heavy (non-hydrogen) atoms. The van der Waals surface area contributed by atoms with Gasteiger partial charge in [-0.3, -0.25) is 0 Å². The highest BCUT2D eigenvalue weighted by molar-refractivity contribution is 4.99. The summed E-state index contributed by atoms with van der Waals surface area (Å²) < 4.78 is 0. The fourth-order valence-electron chi connectivity index (χ4n) is 0.431. The van der Waals surface area contributed by atoms with E-state index in [1.54, 1.807) is 0 Å². The Kier molecular flexibility index (Phi) is 1.58. The molecule has 0 aromatic carbocycles. The van der Waals surface area contributed by atoms with Gasteiger partial charge in [0.25, 0.3) is 0 Å². The van der Waals surface area contributed by atoms with E-state index in [-0.39, 0.29) is 6.61 Å². The van der Waals surface area contributed by atoms with Crippen molar-refractivity contribution in [2.75, 3.05) is 6.61 Å². The summed E-state index contributed by atoms with van der Waals surface area (Å²) in [5.74, 6) is 0. The zero-order valence-corrected chi connectivity index (χ0v) is 4.28. The van der Waals surface area contributed by atoms with E-state index in [0.29, 0.717) is 6.42 Å². The highest BCUT2D eigenvalue weighted by atomic mass is 16.3. The Labute approximate surface area is 46.9 Å². The highest BCUT2D eigenvalue weighted by Gasteiger charge is 1.98. The number of hydrogen-bond donors (Lipinski definition) is 1. The number of hydrogen-bond acceptors (Lipinski definition) is 3. The lowest BCUT2D eigenvalue weighted by molar-refractivity contribution is 0.299. The molecule has 1 radical (unpaired) electrons. The highest BCUT2D eigenvalue weighted by Crippen LogP contribution is 2.05. The Morgan fingerprint density at radius 3 is 3.00 bits per heavy atom. The molecule has 0 aromatic heterocycles. The molecule has 1 N–H and O–H groups in total. The zero-order valence-electron chi connectivity index (χ0n) is 4.28. The van der Waals surface area contributed by atoms with Crippen LogP contribution in [-0.4, -0.2) is 11.7 Å². The molecule has 4 nitrogen and oxygen atoms in total. The number of aliphatic hydroxyl groups is 1. The molecule has 1 aliphatic rings. The van der Waals surface area contributed by atoms with Crippen molar-refractivity contribution >= 4 is 0 Å². The molecule has 0 bridgehead atoms. The summed E-state index contributed by atoms with van der Waals surface area (Å²) in [5.41, 5.74) is 4.21. The van der Waals surface area contributed by atoms with Crippen molar-refractivity contribution in [1.29, 1.82) is 0 Å². The van der Waals surface area contributed by atoms with E-state index >= 15 is 0 Å². The van der Waals surface area contributed by atoms with Gasteiger partial charge in [-0.05, 0) is 5.22 Å². The molecule has 1 rings (SSSR count). The smallest absolute Gasteiger partial charge is 0.0873 e. The van der Waals surface area contributed by atoms with E-state index in [2.05, 4.69) is 15.8 Å². The van der Waals surface area contributed by atoms with Gasteiger partial charge in [-0.25, -0.2) is 0 Å². The molecule has 0 amide bonds. The Bertz CT molecular complexity index is 129. The van der Waals surface area contributed by atoms with Crippen LogP contribution in [0, 0.1) is 0 Å². The second kappa shape index (κ2) is 2.42. The standard InChI is InChI=1S/C4H6N3O/c8-2-1-4-3-5-7-6-4/h3,8H,1-2H2. The van der Waals surface area contributed by atoms with Gasteiger partial charge in [0, 0.05) is 13.0 Å². The molecule has 0 saturated heterocycles. The SMILES string of the molecule is OCCC1=C[N]N=N1. The minimum atomic E-state index is 0.111. The van der Waals surface area contributed by atoms with Gasteiger partial charge < -0.3 is 5.11 Å². The number of nitrogens with zero attached hydrogens (tertiary/aromatic N) is 3. The topological polar surface area (TPSA) is 59.0 Å². The Morgan fingerprint density at radius 1 is 1.62 bits per heavy atom. The summed E-state index contributed by atoms with van der Waals surface area (Å²) in [4.78, 5) is 0. The fourth-order valence-corrected chi connectivity index (χ4v) is 0.431. The zero-order chi connectivity index (χ0) is 5.82. The van der Waals surface area contributed by atoms with Crippen LogP contribution >= 0.6 is 0 Å². The summed E-state index contributed by atoms with van der Waals surface area (Å²) in [6.45, 7) is 0.111. The van der Waals surface area contributed by atoms with Crippen LogP contribution in [0.25, 0.3) is 0 Å². The van der Waals surface area contributed by atoms with Crippen LogP contribution < -0.4 is 5.43 Å². The van der Waals surface area contributed by atoms with Gasteiger partial charge in [-0.1, -0.05) is 0 Å². The molecule has 43 valence electrons. The lowest BCUT2D eigenvalue weighted by atomic mass is 10.4. The van der Waals surface area contributed by atoms with Gasteiger partial charge in [0.05, 0.1) is 11.9 Å². The van der Waals surface area contributed by atoms with Crippen molar-refractivity contribution in [3.63, 3.8) is 0 Å². The second-order valence-corrected chi connectivity index (χ2v) is 1.40. The van der Waals surface area contributed by atoms with E-state index in [0.717, 1.165) is 5.70 Å². The molecular formula is C4H6N3O. The third-order valence-electron chi connectivity index (χ3n) is 0.800. The van der Waals surface area contributed by atoms with Crippen LogP contribution in [0.5, 0.6) is 0 Å². The first-order chi connectivity index (χ1) is 3.93. The third kappa shape index (κ3) is 1.04. The van der Waals surface area contributed by atoms with Crippen LogP contribution in [0.1, 0.15) is 6.42 Å². The molecule has 1 heterocycles. The summed E-state index contributed by atoms with van der Waals surface area (Å²) in [6.07, 6.45) is 2.09. The lowest BCUT2D eigenvalue weighted by Crippen LogP contribution is -1.82. The van der Waals surface area contributed by atoms with Crippen LogP contribution in [0.4, 0.5) is 0 Å². The number of rotatable bonds is 2. The monoisotopic (exact) mass is 112 g/mol. The first-order valence-electron chi connectivity index (χ1n) is 2.34. The van der Waals surface area contributed by atoms with Crippen LogP contribution in [0.15, 0.2) is 22.2 Å². The second-order valence-electron chi connectivity index (χ2n) is 1.40. The molecule has 0 spiro atoms. The number of aliphatic hydroxyl groups excluding tert-OH is 1. The fraction of sp³-hybridized carbons (Fsp3) is 0.500. The molecule has 0 aliphatic carbocycles. The molecule has 0 atom stereocenters. The van der Waals surface area contributed by atoms with Gasteiger partial charge in [0.1, 0.15) is 0 Å². The van der Waals surface area contributed by atoms with Crippen molar-refractivity contribution < 1.29 is 5.11 Å². The molecular weight excluding hydrogens is 106 g/mol. The minimum Gasteiger partial charge on any atom is -0.396 e. The van der Waals surface area contributed by atoms with Crippen LogP contribution in [-0.2, 0) is 0 Å². The van der Waals surface area contributed by atoms with Gasteiger partial charge in [0.15, 0.2) is 0 Å². The largest absolute Gasteiger partial charge is 0.396 e. The maximum absolute atomic E-state index is 8.34. The third-order valence-corrected chi connectivity index (χ3v) is 0.800. The van der Waals surface area contributed by atoms with Gasteiger partial charge in [-0.2, -0.15) is 0 Å². The predicted molar refractivity (Wildman–Crippen MR) is 26.8 cm³/mol. The first kappa shape index (κ1) is 5.24. The maximum Gasteiger partial charge on any atom is 0.0873 e. The van der Waals surface area contributed by atoms with Crippen molar-refractivity contribution in [2.45, 2.75) is 6.42 Å². The first-order valence-corrected chi connectivity index (χ1v) is 2.34. The quantitative estimate of drug-likeness (QED) is 0.544. The molecule has 0 aromatic rings. The maximum atomic E-state index is 8.34. The molecule has 4 heteroatoms. The normalized spacial score (nSPS) is 15.9. The summed E-state index contributed by atoms with van der Waals surface area (Å²) >= 11 is 0. The lowest BCUT2D eigenvalue weighted by Gasteiger charge is -1.85. The molecule has 0 unspecified atom stereocenters. The van der Waals surface area contributed by atoms with Crippen LogP contribution in [0.3, 0.4) is 0 Å². The van der Waals surface area contributed by atoms with E-state index < -0.39 is 0 Å². The van der Waals surface area contributed by atoms with Crippen molar-refractivity contribution in [3.05, 3.63) is 11.9 Å². The Balaban J connectivity index is 2.34. The Hall–Kier alpha value is -0.900. The average molecular weight is 112 g/mol. The van der Waals surface area contributed by atoms with Crippen molar-refractivity contribution in [3.8, 4) is 0 Å². The molecule has 0 fully saturated rings. The summed E-state index contributed by atoms with van der Waals surface area (Å²) in [5, 5.41) is 15.3. The van der Waals surface area contributed by atoms with Gasteiger partial charge >= 0.3 is 0 Å². The molecule has 1 aliphatic heterocycles. The van der Waals surface area contributed by atoms with Gasteiger partial charge in [-0.15, -0.1) is 10.5 Å². The van der Waals surface area contributed by atoms with Gasteiger partial charge in [0.2, 0.25) is 0 Å². The van der Waals surface area contributed by atoms with E-state index in [4.69, 9.17) is 5.11 Å². The van der Waals surface area contributed by atoms with Crippen LogP contribution in [0.2, 0.25) is 0 Å². The Morgan fingerprint density at radius 2 is 2.50 bits per heavy atom. The van der Waals surface area contributed by atoms with E-state index in [1.165, 1.54) is 6.20 Å². The minimum absolute atomic E-state index is 0.111.